The van der Waals surface area contributed by atoms with Gasteiger partial charge in [-0.3, -0.25) is 13.9 Å². The van der Waals surface area contributed by atoms with E-state index in [0.29, 0.717) is 5.02 Å². The van der Waals surface area contributed by atoms with Gasteiger partial charge in [0.1, 0.15) is 12.6 Å². The average Bonchev–Trinajstić information content (AvgIpc) is 3.44. The first-order chi connectivity index (χ1) is 18.7. The summed E-state index contributed by atoms with van der Waals surface area (Å²) in [6.07, 6.45) is 3.92. The van der Waals surface area contributed by atoms with Crippen LogP contribution >= 0.6 is 23.2 Å². The van der Waals surface area contributed by atoms with Crippen LogP contribution in [0.3, 0.4) is 0 Å². The van der Waals surface area contributed by atoms with Crippen molar-refractivity contribution >= 4 is 50.7 Å². The molecule has 3 aromatic carbocycles. The molecule has 1 saturated carbocycles. The molecule has 0 heterocycles. The van der Waals surface area contributed by atoms with E-state index in [-0.39, 0.29) is 34.1 Å². The second-order valence-electron chi connectivity index (χ2n) is 9.59. The Kier molecular flexibility index (Phi) is 9.53. The second kappa shape index (κ2) is 12.9. The summed E-state index contributed by atoms with van der Waals surface area (Å²) in [7, 11) is -4.20. The van der Waals surface area contributed by atoms with Gasteiger partial charge in [-0.05, 0) is 55.7 Å². The van der Waals surface area contributed by atoms with Crippen molar-refractivity contribution in [2.45, 2.75) is 56.1 Å². The molecule has 1 fully saturated rings. The van der Waals surface area contributed by atoms with Crippen LogP contribution in [0.15, 0.2) is 83.8 Å². The lowest BCUT2D eigenvalue weighted by atomic mass is 10.1. The van der Waals surface area contributed by atoms with Crippen LogP contribution in [0.2, 0.25) is 10.0 Å². The minimum atomic E-state index is -4.20. The highest BCUT2D eigenvalue weighted by Gasteiger charge is 2.34. The van der Waals surface area contributed by atoms with Gasteiger partial charge >= 0.3 is 0 Å². The van der Waals surface area contributed by atoms with Crippen molar-refractivity contribution in [1.82, 2.24) is 10.2 Å². The van der Waals surface area contributed by atoms with E-state index in [2.05, 4.69) is 5.32 Å². The van der Waals surface area contributed by atoms with Crippen molar-refractivity contribution in [3.8, 4) is 0 Å². The molecule has 39 heavy (non-hydrogen) atoms. The highest BCUT2D eigenvalue weighted by molar-refractivity contribution is 7.92. The summed E-state index contributed by atoms with van der Waals surface area (Å²) < 4.78 is 28.6. The maximum Gasteiger partial charge on any atom is 0.264 e. The summed E-state index contributed by atoms with van der Waals surface area (Å²) in [6.45, 7) is 1.23. The Morgan fingerprint density at radius 2 is 1.56 bits per heavy atom. The number of halogens is 2. The fourth-order valence-electron chi connectivity index (χ4n) is 4.67. The summed E-state index contributed by atoms with van der Waals surface area (Å²) in [6, 6.07) is 20.8. The Bertz CT molecular complexity index is 1400. The van der Waals surface area contributed by atoms with Gasteiger partial charge in [-0.1, -0.05) is 84.6 Å². The van der Waals surface area contributed by atoms with E-state index in [1.165, 1.54) is 35.2 Å². The number of anilines is 1. The smallest absolute Gasteiger partial charge is 0.264 e. The Hall–Kier alpha value is -3.07. The zero-order valence-corrected chi connectivity index (χ0v) is 23.9. The lowest BCUT2D eigenvalue weighted by Crippen LogP contribution is -2.52. The van der Waals surface area contributed by atoms with E-state index < -0.39 is 28.5 Å². The Morgan fingerprint density at radius 1 is 0.949 bits per heavy atom. The number of nitrogens with zero attached hydrogens (tertiary/aromatic N) is 2. The van der Waals surface area contributed by atoms with Crippen molar-refractivity contribution in [3.63, 3.8) is 0 Å². The molecule has 10 heteroatoms. The van der Waals surface area contributed by atoms with Gasteiger partial charge in [0, 0.05) is 17.6 Å². The molecule has 0 aliphatic heterocycles. The van der Waals surface area contributed by atoms with Crippen LogP contribution in [-0.2, 0) is 26.2 Å². The minimum absolute atomic E-state index is 0.00505. The highest BCUT2D eigenvalue weighted by Crippen LogP contribution is 2.33. The Balaban J connectivity index is 1.69. The number of carbonyl (C=O) groups excluding carboxylic acids is 2. The van der Waals surface area contributed by atoms with E-state index in [1.807, 2.05) is 30.3 Å². The van der Waals surface area contributed by atoms with E-state index in [0.717, 1.165) is 35.6 Å². The van der Waals surface area contributed by atoms with Crippen LogP contribution in [0.4, 0.5) is 5.69 Å². The first-order valence-corrected chi connectivity index (χ1v) is 15.0. The van der Waals surface area contributed by atoms with Crippen LogP contribution in [-0.4, -0.2) is 43.8 Å². The predicted octanol–water partition coefficient (Wildman–Crippen LogP) is 5.66. The number of carbonyl (C=O) groups is 2. The van der Waals surface area contributed by atoms with Gasteiger partial charge in [0.15, 0.2) is 0 Å². The molecule has 2 amide bonds. The molecule has 3 aromatic rings. The molecule has 4 rings (SSSR count). The van der Waals surface area contributed by atoms with Gasteiger partial charge in [0.05, 0.1) is 15.6 Å². The van der Waals surface area contributed by atoms with Gasteiger partial charge in [-0.2, -0.15) is 0 Å². The first kappa shape index (κ1) is 28.9. The number of benzene rings is 3. The van der Waals surface area contributed by atoms with Gasteiger partial charge in [-0.25, -0.2) is 8.42 Å². The van der Waals surface area contributed by atoms with Gasteiger partial charge in [0.25, 0.3) is 10.0 Å². The molecule has 1 aliphatic carbocycles. The van der Waals surface area contributed by atoms with Crippen molar-refractivity contribution in [3.05, 3.63) is 94.5 Å². The summed E-state index contributed by atoms with van der Waals surface area (Å²) in [5.41, 5.74) is 0.925. The van der Waals surface area contributed by atoms with Crippen molar-refractivity contribution in [2.24, 2.45) is 0 Å². The Morgan fingerprint density at radius 3 is 2.18 bits per heavy atom. The molecule has 1 atom stereocenters. The van der Waals surface area contributed by atoms with Crippen molar-refractivity contribution < 1.29 is 18.0 Å². The molecule has 0 spiro atoms. The number of hydrogen-bond acceptors (Lipinski definition) is 4. The standard InChI is InChI=1S/C29H31Cl2N3O4S/c1-21(29(36)32-24-12-8-9-13-24)33(19-22-10-4-2-5-11-22)28(35)20-34(27-17-16-23(30)18-26(27)31)39(37,38)25-14-6-3-7-15-25/h2-7,10-11,14-18,21,24H,8-9,12-13,19-20H2,1H3,(H,32,36)/t21-/m1/s1. The minimum Gasteiger partial charge on any atom is -0.352 e. The normalized spacial score (nSPS) is 14.5. The molecule has 206 valence electrons. The fourth-order valence-corrected chi connectivity index (χ4v) is 6.69. The number of sulfonamides is 1. The predicted molar refractivity (Wildman–Crippen MR) is 154 cm³/mol. The maximum absolute atomic E-state index is 13.9. The topological polar surface area (TPSA) is 86.8 Å². The summed E-state index contributed by atoms with van der Waals surface area (Å²) in [4.78, 5) is 28.6. The zero-order chi connectivity index (χ0) is 28.0. The first-order valence-electron chi connectivity index (χ1n) is 12.8. The van der Waals surface area contributed by atoms with E-state index >= 15 is 0 Å². The zero-order valence-electron chi connectivity index (χ0n) is 21.6. The molecular weight excluding hydrogens is 557 g/mol. The number of hydrogen-bond donors (Lipinski definition) is 1. The van der Waals surface area contributed by atoms with Crippen molar-refractivity contribution in [2.75, 3.05) is 10.8 Å². The molecule has 7 nitrogen and oxygen atoms in total. The molecule has 0 aromatic heterocycles. The van der Waals surface area contributed by atoms with Gasteiger partial charge in [0.2, 0.25) is 11.8 Å². The van der Waals surface area contributed by atoms with Gasteiger partial charge in [-0.15, -0.1) is 0 Å². The lowest BCUT2D eigenvalue weighted by Gasteiger charge is -2.32. The number of rotatable bonds is 10. The third kappa shape index (κ3) is 7.12. The second-order valence-corrected chi connectivity index (χ2v) is 12.3. The van der Waals surface area contributed by atoms with E-state index in [4.69, 9.17) is 23.2 Å². The third-order valence-electron chi connectivity index (χ3n) is 6.85. The SMILES string of the molecule is C[C@H](C(=O)NC1CCCC1)N(Cc1ccccc1)C(=O)CN(c1ccc(Cl)cc1Cl)S(=O)(=O)c1ccccc1. The molecule has 0 radical (unpaired) electrons. The summed E-state index contributed by atoms with van der Waals surface area (Å²) in [5.74, 6) is -0.813. The lowest BCUT2D eigenvalue weighted by molar-refractivity contribution is -0.139. The molecule has 1 aliphatic rings. The van der Waals surface area contributed by atoms with E-state index in [9.17, 15) is 18.0 Å². The average molecular weight is 589 g/mol. The number of amides is 2. The largest absolute Gasteiger partial charge is 0.352 e. The molecule has 0 saturated heterocycles. The molecule has 1 N–H and O–H groups in total. The quantitative estimate of drug-likeness (QED) is 0.331. The molecule has 0 bridgehead atoms. The van der Waals surface area contributed by atoms with Crippen molar-refractivity contribution in [1.29, 1.82) is 0 Å². The van der Waals surface area contributed by atoms with Crippen LogP contribution < -0.4 is 9.62 Å². The van der Waals surface area contributed by atoms with Gasteiger partial charge < -0.3 is 10.2 Å². The monoisotopic (exact) mass is 587 g/mol. The molecule has 0 unspecified atom stereocenters. The Labute approximate surface area is 239 Å². The summed E-state index contributed by atoms with van der Waals surface area (Å²) in [5, 5.41) is 3.46. The van der Waals surface area contributed by atoms with Crippen LogP contribution in [0.1, 0.15) is 38.2 Å². The van der Waals surface area contributed by atoms with Crippen LogP contribution in [0.25, 0.3) is 0 Å². The molecular formula is C29H31Cl2N3O4S. The van der Waals surface area contributed by atoms with E-state index in [1.54, 1.807) is 25.1 Å². The fraction of sp³-hybridized carbons (Fsp3) is 0.310. The number of nitrogens with one attached hydrogen (secondary N) is 1. The third-order valence-corrected chi connectivity index (χ3v) is 9.16. The maximum atomic E-state index is 13.9. The summed E-state index contributed by atoms with van der Waals surface area (Å²) >= 11 is 12.5. The van der Waals surface area contributed by atoms with Crippen LogP contribution in [0, 0.1) is 0 Å². The van der Waals surface area contributed by atoms with Crippen LogP contribution in [0.5, 0.6) is 0 Å². The highest BCUT2D eigenvalue weighted by atomic mass is 35.5.